The monoisotopic (exact) mass is 639 g/mol. The molecule has 14 heteroatoms. The second-order valence-electron chi connectivity index (χ2n) is 12.6. The molecule has 11 nitrogen and oxygen atoms in total. The Kier molecular flexibility index (Phi) is 7.56. The number of hydrogen-bond donors (Lipinski definition) is 2. The maximum atomic E-state index is 13.3. The van der Waals surface area contributed by atoms with Crippen LogP contribution in [0.3, 0.4) is 0 Å². The van der Waals surface area contributed by atoms with Crippen molar-refractivity contribution in [3.05, 3.63) is 40.3 Å². The van der Waals surface area contributed by atoms with Crippen LogP contribution in [0.15, 0.2) is 24.5 Å². The summed E-state index contributed by atoms with van der Waals surface area (Å²) in [6.07, 6.45) is 3.26. The lowest BCUT2D eigenvalue weighted by atomic mass is 10.1. The second kappa shape index (κ2) is 11.0. The average molecular weight is 640 g/mol. The summed E-state index contributed by atoms with van der Waals surface area (Å²) in [5.41, 5.74) is 2.63. The van der Waals surface area contributed by atoms with E-state index in [2.05, 4.69) is 59.5 Å². The van der Waals surface area contributed by atoms with Crippen molar-refractivity contribution in [3.63, 3.8) is 0 Å². The number of benzene rings is 1. The van der Waals surface area contributed by atoms with Crippen molar-refractivity contribution in [2.75, 3.05) is 18.4 Å². The SMILES string of the molecule is C[C@@H]1CNc2c(sc3ccc4nc(Oc5nc(Cl)ncc5CN5CCC(O[Si](C)(C)C(C)(C)C)C5=O)cnc4c23)C(=O)N1. The highest BCUT2D eigenvalue weighted by Crippen LogP contribution is 2.41. The molecule has 5 heterocycles. The van der Waals surface area contributed by atoms with Crippen LogP contribution < -0.4 is 15.4 Å². The van der Waals surface area contributed by atoms with Crippen LogP contribution in [-0.2, 0) is 15.8 Å². The van der Waals surface area contributed by atoms with Crippen LogP contribution in [0.4, 0.5) is 5.69 Å². The third-order valence-corrected chi connectivity index (χ3v) is 14.2. The third kappa shape index (κ3) is 5.66. The van der Waals surface area contributed by atoms with E-state index >= 15 is 0 Å². The molecule has 6 rings (SSSR count). The van der Waals surface area contributed by atoms with Crippen molar-refractivity contribution in [2.24, 2.45) is 0 Å². The number of ether oxygens (including phenoxy) is 1. The van der Waals surface area contributed by atoms with Crippen LogP contribution in [0.25, 0.3) is 21.1 Å². The lowest BCUT2D eigenvalue weighted by molar-refractivity contribution is -0.134. The van der Waals surface area contributed by atoms with Crippen molar-refractivity contribution in [3.8, 4) is 11.8 Å². The minimum atomic E-state index is -2.11. The molecule has 1 fully saturated rings. The number of aromatic nitrogens is 4. The third-order valence-electron chi connectivity index (χ3n) is 8.36. The predicted octanol–water partition coefficient (Wildman–Crippen LogP) is 5.75. The highest BCUT2D eigenvalue weighted by atomic mass is 35.5. The quantitative estimate of drug-likeness (QED) is 0.200. The Morgan fingerprint density at radius 2 is 1.95 bits per heavy atom. The number of carbonyl (C=O) groups excluding carboxylic acids is 2. The van der Waals surface area contributed by atoms with Crippen molar-refractivity contribution in [1.29, 1.82) is 0 Å². The summed E-state index contributed by atoms with van der Waals surface area (Å²) in [4.78, 5) is 46.2. The van der Waals surface area contributed by atoms with Gasteiger partial charge >= 0.3 is 0 Å². The summed E-state index contributed by atoms with van der Waals surface area (Å²) in [5.74, 6) is 0.271. The van der Waals surface area contributed by atoms with Crippen molar-refractivity contribution < 1.29 is 18.8 Å². The second-order valence-corrected chi connectivity index (χ2v) is 18.7. The number of hydrogen-bond acceptors (Lipinski definition) is 10. The van der Waals surface area contributed by atoms with Gasteiger partial charge in [0.25, 0.3) is 11.8 Å². The van der Waals surface area contributed by atoms with E-state index in [1.165, 1.54) is 17.5 Å². The topological polar surface area (TPSA) is 131 Å². The van der Waals surface area contributed by atoms with Gasteiger partial charge in [0.1, 0.15) is 11.0 Å². The van der Waals surface area contributed by atoms with Gasteiger partial charge in [-0.05, 0) is 55.2 Å². The fourth-order valence-corrected chi connectivity index (χ4v) is 7.50. The molecule has 0 aliphatic carbocycles. The van der Waals surface area contributed by atoms with Gasteiger partial charge in [-0.15, -0.1) is 11.3 Å². The van der Waals surface area contributed by atoms with E-state index in [0.717, 1.165) is 15.8 Å². The molecular formula is C29H34ClN7O4SSi. The van der Waals surface area contributed by atoms with Gasteiger partial charge in [0.2, 0.25) is 17.0 Å². The van der Waals surface area contributed by atoms with E-state index in [-0.39, 0.29) is 46.5 Å². The summed E-state index contributed by atoms with van der Waals surface area (Å²) < 4.78 is 13.5. The normalized spacial score (nSPS) is 19.4. The van der Waals surface area contributed by atoms with E-state index in [9.17, 15) is 9.59 Å². The highest BCUT2D eigenvalue weighted by molar-refractivity contribution is 7.21. The molecule has 2 atom stereocenters. The van der Waals surface area contributed by atoms with E-state index in [0.29, 0.717) is 41.0 Å². The van der Waals surface area contributed by atoms with E-state index < -0.39 is 14.4 Å². The van der Waals surface area contributed by atoms with Gasteiger partial charge in [0, 0.05) is 35.4 Å². The predicted molar refractivity (Wildman–Crippen MR) is 170 cm³/mol. The first kappa shape index (κ1) is 29.7. The molecule has 226 valence electrons. The molecule has 1 aromatic carbocycles. The number of amides is 2. The molecule has 2 N–H and O–H groups in total. The number of fused-ring (bicyclic) bond motifs is 5. The van der Waals surface area contributed by atoms with Crippen LogP contribution in [-0.4, -0.2) is 70.2 Å². The number of nitrogens with one attached hydrogen (secondary N) is 2. The van der Waals surface area contributed by atoms with Crippen molar-refractivity contribution in [1.82, 2.24) is 30.2 Å². The first-order chi connectivity index (χ1) is 20.3. The number of rotatable bonds is 6. The Morgan fingerprint density at radius 3 is 2.72 bits per heavy atom. The molecule has 3 aromatic heterocycles. The van der Waals surface area contributed by atoms with Gasteiger partial charge in [-0.2, -0.15) is 4.98 Å². The Morgan fingerprint density at radius 1 is 1.16 bits per heavy atom. The van der Waals surface area contributed by atoms with Gasteiger partial charge in [-0.3, -0.25) is 9.59 Å². The van der Waals surface area contributed by atoms with Crippen molar-refractivity contribution >= 4 is 69.9 Å². The standard InChI is InChI=1S/C29H34ClN7O4SSi/c1-15-11-31-23-21-19(42-24(23)25(38)34-15)8-7-17-22(21)32-13-20(35-17)40-26-16(12-33-28(30)36-26)14-37-10-9-18(27(37)39)41-43(5,6)29(2,3)4/h7-8,12-13,15,18,31H,9-11,14H2,1-6H3,(H,34,38)/t15-,18?/m1/s1. The Bertz CT molecular complexity index is 1760. The van der Waals surface area contributed by atoms with Crippen LogP contribution in [0.1, 0.15) is 49.4 Å². The summed E-state index contributed by atoms with van der Waals surface area (Å²) in [6.45, 7) is 14.2. The smallest absolute Gasteiger partial charge is 0.263 e. The number of carbonyl (C=O) groups is 2. The molecule has 2 aliphatic heterocycles. The minimum Gasteiger partial charge on any atom is -0.418 e. The fraction of sp³-hybridized carbons (Fsp3) is 0.448. The zero-order valence-electron chi connectivity index (χ0n) is 24.9. The van der Waals surface area contributed by atoms with Crippen LogP contribution in [0.5, 0.6) is 11.8 Å². The number of anilines is 1. The summed E-state index contributed by atoms with van der Waals surface area (Å²) in [6, 6.07) is 3.79. The lowest BCUT2D eigenvalue weighted by Crippen LogP contribution is -2.46. The van der Waals surface area contributed by atoms with Gasteiger partial charge in [-0.1, -0.05) is 20.8 Å². The van der Waals surface area contributed by atoms with Crippen LogP contribution in [0, 0.1) is 0 Å². The fourth-order valence-electron chi connectivity index (χ4n) is 5.01. The molecule has 0 radical (unpaired) electrons. The van der Waals surface area contributed by atoms with Gasteiger partial charge in [0.05, 0.1) is 35.0 Å². The maximum absolute atomic E-state index is 13.3. The molecule has 0 saturated carbocycles. The Hall–Kier alpha value is -3.39. The zero-order valence-corrected chi connectivity index (χ0v) is 27.5. The van der Waals surface area contributed by atoms with Crippen molar-refractivity contribution in [2.45, 2.75) is 70.9 Å². The molecule has 0 spiro atoms. The Balaban J connectivity index is 1.25. The maximum Gasteiger partial charge on any atom is 0.263 e. The zero-order chi connectivity index (χ0) is 30.7. The summed E-state index contributed by atoms with van der Waals surface area (Å²) in [5, 5.41) is 7.28. The average Bonchev–Trinajstić information content (AvgIpc) is 3.44. The van der Waals surface area contributed by atoms with Gasteiger partial charge < -0.3 is 24.7 Å². The van der Waals surface area contributed by atoms with Gasteiger partial charge in [0.15, 0.2) is 8.32 Å². The lowest BCUT2D eigenvalue weighted by Gasteiger charge is -2.37. The minimum absolute atomic E-state index is 0.00328. The number of thiophene rings is 1. The summed E-state index contributed by atoms with van der Waals surface area (Å²) >= 11 is 7.57. The largest absolute Gasteiger partial charge is 0.418 e. The molecule has 1 unspecified atom stereocenters. The summed E-state index contributed by atoms with van der Waals surface area (Å²) in [7, 11) is -2.11. The molecule has 43 heavy (non-hydrogen) atoms. The number of halogens is 1. The number of likely N-dealkylation sites (tertiary alicyclic amines) is 1. The molecule has 2 amide bonds. The number of nitrogens with zero attached hydrogens (tertiary/aromatic N) is 5. The van der Waals surface area contributed by atoms with Gasteiger partial charge in [-0.25, -0.2) is 15.0 Å². The molecule has 4 aromatic rings. The van der Waals surface area contributed by atoms with E-state index in [1.807, 2.05) is 19.1 Å². The molecular weight excluding hydrogens is 606 g/mol. The Labute approximate surface area is 259 Å². The van der Waals surface area contributed by atoms with Crippen LogP contribution in [0.2, 0.25) is 23.4 Å². The first-order valence-electron chi connectivity index (χ1n) is 14.2. The first-order valence-corrected chi connectivity index (χ1v) is 18.3. The highest BCUT2D eigenvalue weighted by Gasteiger charge is 2.43. The van der Waals surface area contributed by atoms with Crippen LogP contribution >= 0.6 is 22.9 Å². The van der Waals surface area contributed by atoms with E-state index in [4.69, 9.17) is 25.7 Å². The molecule has 0 bridgehead atoms. The van der Waals surface area contributed by atoms with E-state index in [1.54, 1.807) is 11.1 Å². The molecule has 2 aliphatic rings. The molecule has 1 saturated heterocycles.